The van der Waals surface area contributed by atoms with Crippen LogP contribution in [-0.4, -0.2) is 116 Å². The molecule has 0 bridgehead atoms. The molecule has 3 saturated heterocycles. The summed E-state index contributed by atoms with van der Waals surface area (Å²) in [4.78, 5) is 62.0. The van der Waals surface area contributed by atoms with Crippen molar-refractivity contribution in [2.75, 3.05) is 38.1 Å². The summed E-state index contributed by atoms with van der Waals surface area (Å²) in [5.41, 5.74) is 2.26. The van der Waals surface area contributed by atoms with Crippen LogP contribution in [0.25, 0.3) is 11.3 Å². The maximum Gasteiger partial charge on any atom is 0.260 e. The minimum atomic E-state index is -3.66. The summed E-state index contributed by atoms with van der Waals surface area (Å²) in [6.45, 7) is 0.774. The van der Waals surface area contributed by atoms with Crippen molar-refractivity contribution < 1.29 is 32.3 Å². The van der Waals surface area contributed by atoms with Crippen molar-refractivity contribution >= 4 is 51.2 Å². The molecule has 4 aliphatic rings. The molecule has 2 aromatic heterocycles. The number of nitrogens with zero attached hydrogens (tertiary/aromatic N) is 7. The van der Waals surface area contributed by atoms with Gasteiger partial charge in [-0.25, -0.2) is 22.7 Å². The van der Waals surface area contributed by atoms with Gasteiger partial charge in [-0.15, -0.1) is 0 Å². The number of hydrogen-bond donors (Lipinski definition) is 2. The highest BCUT2D eigenvalue weighted by Crippen LogP contribution is 2.34. The molecule has 7 rings (SSSR count). The molecule has 264 valence electrons. The second-order valence-electron chi connectivity index (χ2n) is 12.9. The minimum Gasteiger partial charge on any atom is -0.483 e. The lowest BCUT2D eigenvalue weighted by atomic mass is 10.0. The van der Waals surface area contributed by atoms with Crippen molar-refractivity contribution in [2.45, 2.75) is 56.0 Å². The number of hydrogen-bond acceptors (Lipinski definition) is 11. The molecule has 2 unspecified atom stereocenters. The van der Waals surface area contributed by atoms with Crippen LogP contribution in [0.4, 0.5) is 5.95 Å². The first-order valence-electron chi connectivity index (χ1n) is 16.4. The first-order chi connectivity index (χ1) is 24.0. The Kier molecular flexibility index (Phi) is 9.21. The number of rotatable bonds is 9. The zero-order chi connectivity index (χ0) is 35.2. The number of likely N-dealkylation sites (tertiary alicyclic amines) is 1. The third-order valence-corrected chi connectivity index (χ3v) is 12.3. The molecular weight excluding hydrogens is 690 g/mol. The van der Waals surface area contributed by atoms with Crippen molar-refractivity contribution in [2.24, 2.45) is 7.05 Å². The molecule has 3 aromatic rings. The fourth-order valence-corrected chi connectivity index (χ4v) is 9.06. The number of fused-ring (bicyclic) bond motifs is 1. The molecule has 18 heteroatoms. The maximum atomic E-state index is 13.6. The van der Waals surface area contributed by atoms with Gasteiger partial charge in [0.25, 0.3) is 11.8 Å². The Labute approximate surface area is 293 Å². The highest BCUT2D eigenvalue weighted by Gasteiger charge is 2.42. The lowest BCUT2D eigenvalue weighted by Gasteiger charge is -2.33. The summed E-state index contributed by atoms with van der Waals surface area (Å²) < 4.78 is 36.3. The molecule has 1 aromatic carbocycles. The standard InChI is InChI=1S/C32H36ClN9O7S/c1-39-15-19(13-35-39)29-24(33)14-34-32(38-29)36-20-7-11-41(12-8-20)50(47,48)21-9-10-40(16-21)28(44)18-49-26-4-2-3-22-23(26)17-42(31(22)46)25-5-6-27(43)37-30(25)45/h2-4,13-15,20-21,25H,5-12,16-18H2,1H3,(H,34,36,38)(H,37,43,45). The number of piperidine rings is 2. The van der Waals surface area contributed by atoms with Crippen molar-refractivity contribution in [1.29, 1.82) is 0 Å². The number of imide groups is 1. The van der Waals surface area contributed by atoms with E-state index in [4.69, 9.17) is 16.3 Å². The van der Waals surface area contributed by atoms with E-state index in [0.29, 0.717) is 65.9 Å². The first kappa shape index (κ1) is 33.9. The number of ether oxygens (including phenoxy) is 1. The van der Waals surface area contributed by atoms with E-state index < -0.39 is 27.2 Å². The molecule has 6 heterocycles. The molecule has 0 aliphatic carbocycles. The molecular formula is C32H36ClN9O7S. The highest BCUT2D eigenvalue weighted by molar-refractivity contribution is 7.89. The van der Waals surface area contributed by atoms with Crippen molar-refractivity contribution in [3.8, 4) is 17.0 Å². The van der Waals surface area contributed by atoms with Crippen LogP contribution in [0.1, 0.15) is 48.0 Å². The molecule has 3 fully saturated rings. The lowest BCUT2D eigenvalue weighted by molar-refractivity contribution is -0.137. The molecule has 4 amide bonds. The van der Waals surface area contributed by atoms with Crippen molar-refractivity contribution in [3.63, 3.8) is 0 Å². The Bertz CT molecular complexity index is 1960. The Morgan fingerprint density at radius 2 is 1.90 bits per heavy atom. The predicted octanol–water partition coefficient (Wildman–Crippen LogP) is 1.18. The van der Waals surface area contributed by atoms with Crippen LogP contribution in [0.3, 0.4) is 0 Å². The average Bonchev–Trinajstić information content (AvgIpc) is 3.85. The van der Waals surface area contributed by atoms with Crippen molar-refractivity contribution in [1.82, 2.24) is 39.2 Å². The smallest absolute Gasteiger partial charge is 0.260 e. The molecule has 0 radical (unpaired) electrons. The molecule has 50 heavy (non-hydrogen) atoms. The van der Waals surface area contributed by atoms with Gasteiger partial charge in [0.15, 0.2) is 6.61 Å². The van der Waals surface area contributed by atoms with Gasteiger partial charge < -0.3 is 19.9 Å². The Morgan fingerprint density at radius 3 is 2.64 bits per heavy atom. The normalized spacial score (nSPS) is 21.8. The van der Waals surface area contributed by atoms with Gasteiger partial charge in [-0.2, -0.15) is 5.10 Å². The fourth-order valence-electron chi connectivity index (χ4n) is 6.95. The summed E-state index contributed by atoms with van der Waals surface area (Å²) >= 11 is 6.32. The molecule has 4 aliphatic heterocycles. The molecule has 0 spiro atoms. The summed E-state index contributed by atoms with van der Waals surface area (Å²) in [5, 5.41) is 9.44. The van der Waals surface area contributed by atoms with E-state index in [1.807, 2.05) is 6.20 Å². The average molecular weight is 726 g/mol. The number of anilines is 1. The third-order valence-electron chi connectivity index (χ3n) is 9.68. The van der Waals surface area contributed by atoms with Gasteiger partial charge in [-0.05, 0) is 37.8 Å². The number of aryl methyl sites for hydroxylation is 1. The van der Waals surface area contributed by atoms with E-state index in [1.54, 1.807) is 36.1 Å². The number of carbonyl (C=O) groups is 4. The van der Waals surface area contributed by atoms with Gasteiger partial charge >= 0.3 is 0 Å². The van der Waals surface area contributed by atoms with Crippen LogP contribution in [0.5, 0.6) is 5.75 Å². The quantitative estimate of drug-likeness (QED) is 0.302. The summed E-state index contributed by atoms with van der Waals surface area (Å²) in [6, 6.07) is 4.13. The van der Waals surface area contributed by atoms with E-state index in [1.165, 1.54) is 20.3 Å². The number of halogens is 1. The minimum absolute atomic E-state index is 0.0333. The molecule has 0 saturated carbocycles. The maximum absolute atomic E-state index is 13.6. The number of nitrogens with one attached hydrogen (secondary N) is 2. The van der Waals surface area contributed by atoms with Gasteiger partial charge in [-0.3, -0.25) is 29.2 Å². The van der Waals surface area contributed by atoms with Crippen LogP contribution in [0.2, 0.25) is 5.02 Å². The van der Waals surface area contributed by atoms with Crippen LogP contribution in [0, 0.1) is 0 Å². The second-order valence-corrected chi connectivity index (χ2v) is 15.5. The van der Waals surface area contributed by atoms with Gasteiger partial charge in [-0.1, -0.05) is 17.7 Å². The Morgan fingerprint density at radius 1 is 1.10 bits per heavy atom. The monoisotopic (exact) mass is 725 g/mol. The van der Waals surface area contributed by atoms with E-state index in [-0.39, 0.29) is 62.8 Å². The summed E-state index contributed by atoms with van der Waals surface area (Å²) in [7, 11) is -1.86. The van der Waals surface area contributed by atoms with E-state index in [9.17, 15) is 27.6 Å². The molecule has 2 N–H and O–H groups in total. The van der Waals surface area contributed by atoms with Crippen LogP contribution < -0.4 is 15.4 Å². The Hall–Kier alpha value is -4.61. The summed E-state index contributed by atoms with van der Waals surface area (Å²) in [5.74, 6) is -0.830. The SMILES string of the molecule is Cn1cc(-c2nc(NC3CCN(S(=O)(=O)C4CCN(C(=O)COc5cccc6c5CN(C5CCC(=O)NC5=O)C6=O)C4)CC3)ncc2Cl)cn1. The summed E-state index contributed by atoms with van der Waals surface area (Å²) in [6.07, 6.45) is 6.82. The fraction of sp³-hybridized carbons (Fsp3) is 0.469. The van der Waals surface area contributed by atoms with Crippen LogP contribution in [-0.2, 0) is 38.0 Å². The number of amides is 4. The zero-order valence-corrected chi connectivity index (χ0v) is 28.8. The first-order valence-corrected chi connectivity index (χ1v) is 18.3. The topological polar surface area (TPSA) is 189 Å². The number of benzene rings is 1. The Balaban J connectivity index is 0.908. The van der Waals surface area contributed by atoms with Gasteiger partial charge in [0, 0.05) is 68.6 Å². The van der Waals surface area contributed by atoms with Gasteiger partial charge in [0.1, 0.15) is 11.8 Å². The number of aromatic nitrogens is 4. The molecule has 16 nitrogen and oxygen atoms in total. The van der Waals surface area contributed by atoms with Crippen LogP contribution in [0.15, 0.2) is 36.8 Å². The zero-order valence-electron chi connectivity index (χ0n) is 27.2. The highest BCUT2D eigenvalue weighted by atomic mass is 35.5. The predicted molar refractivity (Wildman–Crippen MR) is 179 cm³/mol. The van der Waals surface area contributed by atoms with Gasteiger partial charge in [0.2, 0.25) is 27.8 Å². The van der Waals surface area contributed by atoms with Gasteiger partial charge in [0.05, 0.1) is 34.9 Å². The number of carbonyl (C=O) groups excluding carboxylic acids is 4. The van der Waals surface area contributed by atoms with E-state index in [0.717, 1.165) is 5.56 Å². The lowest BCUT2D eigenvalue weighted by Crippen LogP contribution is -2.52. The second kappa shape index (κ2) is 13.6. The van der Waals surface area contributed by atoms with Crippen molar-refractivity contribution in [3.05, 3.63) is 52.9 Å². The molecule has 2 atom stereocenters. The van der Waals surface area contributed by atoms with E-state index >= 15 is 0 Å². The third kappa shape index (κ3) is 6.64. The number of sulfonamides is 1. The van der Waals surface area contributed by atoms with Crippen LogP contribution >= 0.6 is 11.6 Å². The largest absolute Gasteiger partial charge is 0.483 e. The van der Waals surface area contributed by atoms with E-state index in [2.05, 4.69) is 25.7 Å².